The van der Waals surface area contributed by atoms with Crippen LogP contribution in [0.2, 0.25) is 0 Å². The summed E-state index contributed by atoms with van der Waals surface area (Å²) in [6.45, 7) is 8.62. The van der Waals surface area contributed by atoms with Gasteiger partial charge in [-0.1, -0.05) is 39.8 Å². The van der Waals surface area contributed by atoms with Crippen LogP contribution in [0.5, 0.6) is 5.75 Å². The first-order valence-electron chi connectivity index (χ1n) is 6.65. The maximum absolute atomic E-state index is 5.63. The fourth-order valence-corrected chi connectivity index (χ4v) is 2.30. The van der Waals surface area contributed by atoms with Gasteiger partial charge in [-0.05, 0) is 23.6 Å². The number of hydrogen-bond acceptors (Lipinski definition) is 3. The lowest BCUT2D eigenvalue weighted by Gasteiger charge is -2.24. The molecule has 1 heterocycles. The van der Waals surface area contributed by atoms with Gasteiger partial charge in [0.15, 0.2) is 0 Å². The van der Waals surface area contributed by atoms with Gasteiger partial charge in [-0.25, -0.2) is 0 Å². The predicted molar refractivity (Wildman–Crippen MR) is 80.5 cm³/mol. The Labute approximate surface area is 115 Å². The van der Waals surface area contributed by atoms with E-state index in [1.807, 2.05) is 6.21 Å². The Bertz CT molecular complexity index is 528. The van der Waals surface area contributed by atoms with E-state index in [0.29, 0.717) is 5.92 Å². The molecule has 0 bridgehead atoms. The van der Waals surface area contributed by atoms with E-state index in [1.165, 1.54) is 5.56 Å². The predicted octanol–water partition coefficient (Wildman–Crippen LogP) is 3.77. The van der Waals surface area contributed by atoms with Crippen molar-refractivity contribution in [2.45, 2.75) is 33.6 Å². The molecular formula is C16H22N2O. The van der Waals surface area contributed by atoms with Gasteiger partial charge in [0.25, 0.3) is 0 Å². The van der Waals surface area contributed by atoms with Gasteiger partial charge in [-0.15, -0.1) is 0 Å². The number of para-hydroxylation sites is 1. The molecule has 0 spiro atoms. The molecule has 0 saturated carbocycles. The highest BCUT2D eigenvalue weighted by Gasteiger charge is 2.21. The highest BCUT2D eigenvalue weighted by atomic mass is 16.5. The number of nitrogens with zero attached hydrogens (tertiary/aromatic N) is 1. The maximum atomic E-state index is 5.63. The van der Waals surface area contributed by atoms with Gasteiger partial charge >= 0.3 is 0 Å². The van der Waals surface area contributed by atoms with E-state index >= 15 is 0 Å². The Morgan fingerprint density at radius 2 is 2.00 bits per heavy atom. The third-order valence-electron chi connectivity index (χ3n) is 3.26. The Morgan fingerprint density at radius 1 is 1.26 bits per heavy atom. The zero-order valence-electron chi connectivity index (χ0n) is 12.3. The van der Waals surface area contributed by atoms with Crippen molar-refractivity contribution in [1.29, 1.82) is 0 Å². The molecule has 0 aliphatic carbocycles. The van der Waals surface area contributed by atoms with Crippen LogP contribution in [-0.4, -0.2) is 13.3 Å². The lowest BCUT2D eigenvalue weighted by molar-refractivity contribution is 0.406. The van der Waals surface area contributed by atoms with E-state index in [4.69, 9.17) is 4.74 Å². The highest BCUT2D eigenvalue weighted by molar-refractivity contribution is 5.80. The lowest BCUT2D eigenvalue weighted by atomic mass is 9.90. The van der Waals surface area contributed by atoms with Gasteiger partial charge in [-0.3, -0.25) is 5.43 Å². The molecule has 0 fully saturated rings. The zero-order chi connectivity index (χ0) is 14.0. The number of rotatable bonds is 3. The second kappa shape index (κ2) is 5.08. The molecule has 1 aliphatic rings. The minimum absolute atomic E-state index is 0.0422. The standard InChI is InChI=1S/C16H22N2O/c1-11(2)12-7-6-8-13(15(12)19-5)14-9-16(3,4)10-17-18-14/h6-11,18H,1-5H3. The fraction of sp³-hybridized carbons (Fsp3) is 0.438. The summed E-state index contributed by atoms with van der Waals surface area (Å²) in [5.41, 5.74) is 6.33. The summed E-state index contributed by atoms with van der Waals surface area (Å²) in [5.74, 6) is 1.36. The van der Waals surface area contributed by atoms with Crippen LogP contribution < -0.4 is 10.2 Å². The van der Waals surface area contributed by atoms with Crippen LogP contribution in [0.1, 0.15) is 44.7 Å². The molecule has 1 aliphatic heterocycles. The first kappa shape index (κ1) is 13.7. The van der Waals surface area contributed by atoms with E-state index in [9.17, 15) is 0 Å². The minimum atomic E-state index is -0.0422. The molecule has 0 radical (unpaired) electrons. The molecule has 19 heavy (non-hydrogen) atoms. The van der Waals surface area contributed by atoms with Crippen molar-refractivity contribution in [2.75, 3.05) is 7.11 Å². The smallest absolute Gasteiger partial charge is 0.131 e. The van der Waals surface area contributed by atoms with E-state index in [0.717, 1.165) is 17.0 Å². The van der Waals surface area contributed by atoms with Crippen LogP contribution in [0.3, 0.4) is 0 Å². The largest absolute Gasteiger partial charge is 0.496 e. The van der Waals surface area contributed by atoms with Crippen molar-refractivity contribution in [3.05, 3.63) is 35.4 Å². The van der Waals surface area contributed by atoms with Crippen molar-refractivity contribution in [1.82, 2.24) is 5.43 Å². The van der Waals surface area contributed by atoms with Crippen LogP contribution in [0.25, 0.3) is 5.70 Å². The normalized spacial score (nSPS) is 17.1. The van der Waals surface area contributed by atoms with Gasteiger partial charge in [-0.2, -0.15) is 5.10 Å². The van der Waals surface area contributed by atoms with Crippen molar-refractivity contribution in [3.63, 3.8) is 0 Å². The molecule has 0 saturated heterocycles. The van der Waals surface area contributed by atoms with Crippen molar-refractivity contribution in [2.24, 2.45) is 10.5 Å². The Balaban J connectivity index is 2.52. The van der Waals surface area contributed by atoms with Crippen molar-refractivity contribution < 1.29 is 4.74 Å². The van der Waals surface area contributed by atoms with Gasteiger partial charge in [0, 0.05) is 17.2 Å². The number of hydrogen-bond donors (Lipinski definition) is 1. The van der Waals surface area contributed by atoms with Gasteiger partial charge in [0.1, 0.15) is 5.75 Å². The van der Waals surface area contributed by atoms with Crippen LogP contribution >= 0.6 is 0 Å². The van der Waals surface area contributed by atoms with Crippen LogP contribution in [0.4, 0.5) is 0 Å². The Hall–Kier alpha value is -1.77. The summed E-state index contributed by atoms with van der Waals surface area (Å²) >= 11 is 0. The molecule has 3 heteroatoms. The molecule has 1 aromatic carbocycles. The molecule has 1 N–H and O–H groups in total. The van der Waals surface area contributed by atoms with Crippen molar-refractivity contribution >= 4 is 11.9 Å². The summed E-state index contributed by atoms with van der Waals surface area (Å²) in [5, 5.41) is 4.24. The molecule has 0 aromatic heterocycles. The average molecular weight is 258 g/mol. The summed E-state index contributed by atoms with van der Waals surface area (Å²) < 4.78 is 5.63. The Morgan fingerprint density at radius 3 is 2.58 bits per heavy atom. The minimum Gasteiger partial charge on any atom is -0.496 e. The molecule has 0 unspecified atom stereocenters. The third-order valence-corrected chi connectivity index (χ3v) is 3.26. The average Bonchev–Trinajstić information content (AvgIpc) is 2.36. The fourth-order valence-electron chi connectivity index (χ4n) is 2.30. The van der Waals surface area contributed by atoms with Gasteiger partial charge in [0.2, 0.25) is 0 Å². The zero-order valence-corrected chi connectivity index (χ0v) is 12.3. The molecule has 0 atom stereocenters. The number of allylic oxidation sites excluding steroid dienone is 1. The van der Waals surface area contributed by atoms with Gasteiger partial charge < -0.3 is 4.74 Å². The monoisotopic (exact) mass is 258 g/mol. The Kier molecular flexibility index (Phi) is 3.65. The molecular weight excluding hydrogens is 236 g/mol. The van der Waals surface area contributed by atoms with E-state index < -0.39 is 0 Å². The summed E-state index contributed by atoms with van der Waals surface area (Å²) in [6, 6.07) is 6.26. The van der Waals surface area contributed by atoms with E-state index in [2.05, 4.69) is 62.5 Å². The second-order valence-corrected chi connectivity index (χ2v) is 5.83. The van der Waals surface area contributed by atoms with Crippen molar-refractivity contribution in [3.8, 4) is 5.75 Å². The summed E-state index contributed by atoms with van der Waals surface area (Å²) in [7, 11) is 1.72. The number of benzene rings is 1. The quantitative estimate of drug-likeness (QED) is 0.895. The van der Waals surface area contributed by atoms with Crippen LogP contribution in [0.15, 0.2) is 29.4 Å². The SMILES string of the molecule is COc1c(C2=CC(C)(C)C=NN2)cccc1C(C)C. The van der Waals surface area contributed by atoms with E-state index in [1.54, 1.807) is 7.11 Å². The second-order valence-electron chi connectivity index (χ2n) is 5.83. The first-order valence-corrected chi connectivity index (χ1v) is 6.65. The lowest BCUT2D eigenvalue weighted by Crippen LogP contribution is -2.21. The molecule has 0 amide bonds. The highest BCUT2D eigenvalue weighted by Crippen LogP contribution is 2.35. The van der Waals surface area contributed by atoms with Crippen LogP contribution in [0, 0.1) is 5.41 Å². The maximum Gasteiger partial charge on any atom is 0.131 e. The molecule has 2 rings (SSSR count). The van der Waals surface area contributed by atoms with Gasteiger partial charge in [0.05, 0.1) is 12.8 Å². The molecule has 3 nitrogen and oxygen atoms in total. The molecule has 102 valence electrons. The number of ether oxygens (including phenoxy) is 1. The summed E-state index contributed by atoms with van der Waals surface area (Å²) in [6.07, 6.45) is 4.09. The molecule has 1 aromatic rings. The van der Waals surface area contributed by atoms with Crippen LogP contribution in [-0.2, 0) is 0 Å². The topological polar surface area (TPSA) is 33.6 Å². The summed E-state index contributed by atoms with van der Waals surface area (Å²) in [4.78, 5) is 0. The van der Waals surface area contributed by atoms with E-state index in [-0.39, 0.29) is 5.41 Å². The number of methoxy groups -OCH3 is 1. The number of hydrazone groups is 1. The first-order chi connectivity index (χ1) is 8.94. The third kappa shape index (κ3) is 2.80. The number of nitrogens with one attached hydrogen (secondary N) is 1.